The second-order valence-corrected chi connectivity index (χ2v) is 3.04. The minimum absolute atomic E-state index is 0.166. The SMILES string of the molecule is O=C(Oc1ccc(F)c(F)c1)C(F)(F)C(F)(F)F. The van der Waals surface area contributed by atoms with Gasteiger partial charge in [0.1, 0.15) is 5.75 Å². The number of rotatable bonds is 2. The van der Waals surface area contributed by atoms with E-state index in [0.29, 0.717) is 12.1 Å². The fourth-order valence-electron chi connectivity index (χ4n) is 0.827. The normalized spacial score (nSPS) is 12.4. The molecule has 0 atom stereocenters. The Bertz CT molecular complexity index is 466. The number of alkyl halides is 5. The molecule has 1 aromatic carbocycles. The van der Waals surface area contributed by atoms with E-state index < -0.39 is 35.5 Å². The van der Waals surface area contributed by atoms with Crippen LogP contribution in [0.4, 0.5) is 30.7 Å². The summed E-state index contributed by atoms with van der Waals surface area (Å²) in [7, 11) is 0. The van der Waals surface area contributed by atoms with Gasteiger partial charge in [0, 0.05) is 6.07 Å². The van der Waals surface area contributed by atoms with Gasteiger partial charge in [-0.05, 0) is 12.1 Å². The van der Waals surface area contributed by atoms with Crippen molar-refractivity contribution in [3.8, 4) is 5.75 Å². The van der Waals surface area contributed by atoms with Gasteiger partial charge in [-0.2, -0.15) is 22.0 Å². The Morgan fingerprint density at radius 1 is 1.00 bits per heavy atom. The zero-order valence-corrected chi connectivity index (χ0v) is 8.19. The zero-order valence-electron chi connectivity index (χ0n) is 8.19. The lowest BCUT2D eigenvalue weighted by Gasteiger charge is -2.17. The molecular formula is C9H3F7O2. The van der Waals surface area contributed by atoms with Crippen molar-refractivity contribution in [1.82, 2.24) is 0 Å². The predicted octanol–water partition coefficient (Wildman–Crippen LogP) is 3.07. The summed E-state index contributed by atoms with van der Waals surface area (Å²) in [5.74, 6) is -12.6. The lowest BCUT2D eigenvalue weighted by Crippen LogP contribution is -2.46. The summed E-state index contributed by atoms with van der Waals surface area (Å²) in [6.07, 6.45) is -6.14. The summed E-state index contributed by atoms with van der Waals surface area (Å²) in [5, 5.41) is 0. The lowest BCUT2D eigenvalue weighted by atomic mass is 10.3. The zero-order chi connectivity index (χ0) is 14.1. The van der Waals surface area contributed by atoms with Gasteiger partial charge in [0.2, 0.25) is 0 Å². The molecule has 0 saturated carbocycles. The molecule has 0 amide bonds. The molecule has 0 spiro atoms. The van der Waals surface area contributed by atoms with Crippen LogP contribution >= 0.6 is 0 Å². The van der Waals surface area contributed by atoms with Gasteiger partial charge in [-0.1, -0.05) is 0 Å². The molecule has 100 valence electrons. The van der Waals surface area contributed by atoms with Crippen molar-refractivity contribution in [2.45, 2.75) is 12.1 Å². The molecule has 0 aliphatic rings. The number of carbonyl (C=O) groups is 1. The van der Waals surface area contributed by atoms with Gasteiger partial charge in [0.15, 0.2) is 11.6 Å². The molecule has 9 heteroatoms. The molecule has 2 nitrogen and oxygen atoms in total. The maximum Gasteiger partial charge on any atom is 0.465 e. The Morgan fingerprint density at radius 2 is 1.56 bits per heavy atom. The van der Waals surface area contributed by atoms with E-state index in [0.717, 1.165) is 0 Å². The highest BCUT2D eigenvalue weighted by atomic mass is 19.4. The molecule has 1 rings (SSSR count). The minimum Gasteiger partial charge on any atom is -0.422 e. The fraction of sp³-hybridized carbons (Fsp3) is 0.222. The second kappa shape index (κ2) is 4.46. The number of carbonyl (C=O) groups excluding carboxylic acids is 1. The lowest BCUT2D eigenvalue weighted by molar-refractivity contribution is -0.276. The Morgan fingerprint density at radius 3 is 2.00 bits per heavy atom. The number of esters is 1. The van der Waals surface area contributed by atoms with E-state index in [1.165, 1.54) is 0 Å². The van der Waals surface area contributed by atoms with Crippen LogP contribution in [0.3, 0.4) is 0 Å². The fourth-order valence-corrected chi connectivity index (χ4v) is 0.827. The molecule has 0 N–H and O–H groups in total. The van der Waals surface area contributed by atoms with Gasteiger partial charge in [-0.25, -0.2) is 13.6 Å². The van der Waals surface area contributed by atoms with Gasteiger partial charge in [0.05, 0.1) is 0 Å². The Labute approximate surface area is 95.0 Å². The summed E-state index contributed by atoms with van der Waals surface area (Å²) >= 11 is 0. The van der Waals surface area contributed by atoms with E-state index in [4.69, 9.17) is 0 Å². The van der Waals surface area contributed by atoms with Crippen LogP contribution < -0.4 is 4.74 Å². The minimum atomic E-state index is -6.14. The largest absolute Gasteiger partial charge is 0.465 e. The molecule has 0 saturated heterocycles. The third kappa shape index (κ3) is 2.71. The van der Waals surface area contributed by atoms with Crippen LogP contribution in [-0.2, 0) is 4.79 Å². The highest BCUT2D eigenvalue weighted by Crippen LogP contribution is 2.36. The van der Waals surface area contributed by atoms with Gasteiger partial charge < -0.3 is 4.74 Å². The standard InChI is InChI=1S/C9H3F7O2/c10-5-2-1-4(3-6(5)11)18-7(17)8(12,13)9(14,15)16/h1-3H. The molecule has 0 radical (unpaired) electrons. The number of benzene rings is 1. The first kappa shape index (κ1) is 14.3. The first-order chi connectivity index (χ1) is 8.05. The molecule has 0 bridgehead atoms. The van der Waals surface area contributed by atoms with E-state index in [-0.39, 0.29) is 6.07 Å². The smallest absolute Gasteiger partial charge is 0.422 e. The van der Waals surface area contributed by atoms with Gasteiger partial charge >= 0.3 is 18.1 Å². The summed E-state index contributed by atoms with van der Waals surface area (Å²) in [6.45, 7) is 0. The van der Waals surface area contributed by atoms with E-state index in [9.17, 15) is 35.5 Å². The average Bonchev–Trinajstić information content (AvgIpc) is 2.21. The van der Waals surface area contributed by atoms with E-state index in [1.54, 1.807) is 0 Å². The van der Waals surface area contributed by atoms with Crippen molar-refractivity contribution in [3.05, 3.63) is 29.8 Å². The Hall–Kier alpha value is -1.80. The molecule has 1 aromatic rings. The third-order valence-corrected chi connectivity index (χ3v) is 1.71. The summed E-state index contributed by atoms with van der Waals surface area (Å²) in [6, 6.07) is 1.10. The first-order valence-corrected chi connectivity index (χ1v) is 4.17. The molecule has 0 fully saturated rings. The maximum absolute atomic E-state index is 12.6. The monoisotopic (exact) mass is 276 g/mol. The van der Waals surface area contributed by atoms with Crippen LogP contribution in [0, 0.1) is 11.6 Å². The molecule has 0 aromatic heterocycles. The third-order valence-electron chi connectivity index (χ3n) is 1.71. The van der Waals surface area contributed by atoms with Crippen molar-refractivity contribution in [1.29, 1.82) is 0 Å². The van der Waals surface area contributed by atoms with Crippen LogP contribution in [0.5, 0.6) is 5.75 Å². The summed E-state index contributed by atoms with van der Waals surface area (Å²) < 4.78 is 88.7. The van der Waals surface area contributed by atoms with E-state index >= 15 is 0 Å². The first-order valence-electron chi connectivity index (χ1n) is 4.17. The Balaban J connectivity index is 2.91. The second-order valence-electron chi connectivity index (χ2n) is 3.04. The van der Waals surface area contributed by atoms with E-state index in [1.807, 2.05) is 0 Å². The van der Waals surface area contributed by atoms with Crippen molar-refractivity contribution in [2.24, 2.45) is 0 Å². The highest BCUT2D eigenvalue weighted by Gasteiger charge is 2.65. The van der Waals surface area contributed by atoms with Gasteiger partial charge in [0.25, 0.3) is 0 Å². The van der Waals surface area contributed by atoms with Gasteiger partial charge in [-0.3, -0.25) is 0 Å². The van der Waals surface area contributed by atoms with Crippen molar-refractivity contribution in [3.63, 3.8) is 0 Å². The molecule has 0 aliphatic heterocycles. The topological polar surface area (TPSA) is 26.3 Å². The predicted molar refractivity (Wildman–Crippen MR) is 43.0 cm³/mol. The van der Waals surface area contributed by atoms with Crippen LogP contribution in [0.1, 0.15) is 0 Å². The van der Waals surface area contributed by atoms with Crippen molar-refractivity contribution in [2.75, 3.05) is 0 Å². The van der Waals surface area contributed by atoms with Gasteiger partial charge in [-0.15, -0.1) is 0 Å². The molecule has 0 aliphatic carbocycles. The number of hydrogen-bond donors (Lipinski definition) is 0. The number of hydrogen-bond acceptors (Lipinski definition) is 2. The van der Waals surface area contributed by atoms with Crippen LogP contribution in [-0.4, -0.2) is 18.1 Å². The molecule has 0 unspecified atom stereocenters. The van der Waals surface area contributed by atoms with Crippen molar-refractivity contribution >= 4 is 5.97 Å². The van der Waals surface area contributed by atoms with Crippen LogP contribution in [0.25, 0.3) is 0 Å². The maximum atomic E-state index is 12.6. The van der Waals surface area contributed by atoms with E-state index in [2.05, 4.69) is 4.74 Å². The van der Waals surface area contributed by atoms with Crippen molar-refractivity contribution < 1.29 is 40.3 Å². The summed E-state index contributed by atoms with van der Waals surface area (Å²) in [5.41, 5.74) is 0. The van der Waals surface area contributed by atoms with Crippen LogP contribution in [0.15, 0.2) is 18.2 Å². The molecule has 18 heavy (non-hydrogen) atoms. The highest BCUT2D eigenvalue weighted by molar-refractivity contribution is 5.80. The van der Waals surface area contributed by atoms with Crippen LogP contribution in [0.2, 0.25) is 0 Å². The average molecular weight is 276 g/mol. The Kier molecular flexibility index (Phi) is 3.54. The summed E-state index contributed by atoms with van der Waals surface area (Å²) in [4.78, 5) is 10.6. The molecule has 0 heterocycles. The molecular weight excluding hydrogens is 273 g/mol. The quantitative estimate of drug-likeness (QED) is 0.471. The number of ether oxygens (including phenoxy) is 1. The number of halogens is 7.